The highest BCUT2D eigenvalue weighted by Crippen LogP contribution is 2.34. The third-order valence-electron chi connectivity index (χ3n) is 3.15. The summed E-state index contributed by atoms with van der Waals surface area (Å²) in [5, 5.41) is 1.34. The Morgan fingerprint density at radius 3 is 2.00 bits per heavy atom. The molecular weight excluding hydrogens is 206 g/mol. The van der Waals surface area contributed by atoms with Gasteiger partial charge in [0.1, 0.15) is 0 Å². The molecule has 1 aromatic heterocycles. The first-order valence-corrected chi connectivity index (χ1v) is 6.33. The summed E-state index contributed by atoms with van der Waals surface area (Å²) in [6.45, 7) is 13.7. The first-order valence-electron chi connectivity index (χ1n) is 6.33. The molecule has 1 aromatic carbocycles. The summed E-state index contributed by atoms with van der Waals surface area (Å²) in [5.41, 5.74) is 3.04. The first kappa shape index (κ1) is 12.2. The molecule has 0 aliphatic rings. The minimum absolute atomic E-state index is 0.117. The van der Waals surface area contributed by atoms with E-state index >= 15 is 0 Å². The lowest BCUT2D eigenvalue weighted by atomic mass is 9.91. The van der Waals surface area contributed by atoms with Crippen LogP contribution in [0.1, 0.15) is 47.2 Å². The van der Waals surface area contributed by atoms with Crippen LogP contribution in [0.2, 0.25) is 0 Å². The van der Waals surface area contributed by atoms with Crippen molar-refractivity contribution >= 4 is 10.9 Å². The van der Waals surface area contributed by atoms with E-state index in [9.17, 15) is 0 Å². The van der Waals surface area contributed by atoms with E-state index in [1.807, 2.05) is 0 Å². The molecule has 0 atom stereocenters. The molecule has 0 aliphatic heterocycles. The molecule has 0 saturated carbocycles. The fourth-order valence-electron chi connectivity index (χ4n) is 2.43. The summed E-state index contributed by atoms with van der Waals surface area (Å²) in [6, 6.07) is 11.0. The van der Waals surface area contributed by atoms with Gasteiger partial charge < -0.3 is 4.57 Å². The van der Waals surface area contributed by atoms with E-state index in [0.29, 0.717) is 0 Å². The highest BCUT2D eigenvalue weighted by molar-refractivity contribution is 5.82. The summed E-state index contributed by atoms with van der Waals surface area (Å²) in [6.07, 6.45) is 0. The van der Waals surface area contributed by atoms with Crippen molar-refractivity contribution in [2.45, 2.75) is 52.5 Å². The number of fused-ring (bicyclic) bond motifs is 1. The average molecular weight is 229 g/mol. The third kappa shape index (κ3) is 2.11. The van der Waals surface area contributed by atoms with Crippen LogP contribution in [-0.2, 0) is 11.0 Å². The molecule has 1 heteroatoms. The summed E-state index contributed by atoms with van der Waals surface area (Å²) in [5.74, 6) is 0. The molecule has 1 heterocycles. The molecule has 0 amide bonds. The minimum atomic E-state index is 0.117. The summed E-state index contributed by atoms with van der Waals surface area (Å²) in [7, 11) is 0. The first-order chi connectivity index (χ1) is 7.71. The number of hydrogen-bond acceptors (Lipinski definition) is 0. The molecule has 2 aromatic rings. The second-order valence-electron chi connectivity index (χ2n) is 6.84. The average Bonchev–Trinajstić information content (AvgIpc) is 2.54. The largest absolute Gasteiger partial charge is 0.339 e. The van der Waals surface area contributed by atoms with Crippen LogP contribution in [0.5, 0.6) is 0 Å². The Balaban J connectivity index is 2.84. The van der Waals surface area contributed by atoms with Gasteiger partial charge in [0.15, 0.2) is 0 Å². The van der Waals surface area contributed by atoms with Crippen LogP contribution in [0.25, 0.3) is 10.9 Å². The van der Waals surface area contributed by atoms with Gasteiger partial charge in [-0.1, -0.05) is 39.0 Å². The van der Waals surface area contributed by atoms with E-state index in [1.165, 1.54) is 16.6 Å². The summed E-state index contributed by atoms with van der Waals surface area (Å²) < 4.78 is 2.47. The fourth-order valence-corrected chi connectivity index (χ4v) is 2.43. The molecule has 92 valence electrons. The van der Waals surface area contributed by atoms with Crippen molar-refractivity contribution in [1.29, 1.82) is 0 Å². The van der Waals surface area contributed by atoms with E-state index in [-0.39, 0.29) is 11.0 Å². The molecule has 0 unspecified atom stereocenters. The highest BCUT2D eigenvalue weighted by atomic mass is 15.1. The smallest absolute Gasteiger partial charge is 0.0487 e. The van der Waals surface area contributed by atoms with Crippen LogP contribution in [0.4, 0.5) is 0 Å². The van der Waals surface area contributed by atoms with Crippen LogP contribution in [0.3, 0.4) is 0 Å². The molecule has 0 fully saturated rings. The number of aromatic nitrogens is 1. The third-order valence-corrected chi connectivity index (χ3v) is 3.15. The Kier molecular flexibility index (Phi) is 2.61. The molecule has 2 rings (SSSR count). The van der Waals surface area contributed by atoms with Crippen LogP contribution < -0.4 is 0 Å². The van der Waals surface area contributed by atoms with Crippen molar-refractivity contribution in [2.75, 3.05) is 0 Å². The zero-order valence-electron chi connectivity index (χ0n) is 11.8. The van der Waals surface area contributed by atoms with Gasteiger partial charge in [0.25, 0.3) is 0 Å². The van der Waals surface area contributed by atoms with Crippen molar-refractivity contribution in [3.05, 3.63) is 36.0 Å². The van der Waals surface area contributed by atoms with Crippen molar-refractivity contribution in [1.82, 2.24) is 4.57 Å². The topological polar surface area (TPSA) is 4.93 Å². The van der Waals surface area contributed by atoms with Crippen LogP contribution >= 0.6 is 0 Å². The Morgan fingerprint density at radius 1 is 0.882 bits per heavy atom. The van der Waals surface area contributed by atoms with Gasteiger partial charge in [-0.25, -0.2) is 0 Å². The van der Waals surface area contributed by atoms with Gasteiger partial charge in [-0.05, 0) is 38.3 Å². The normalized spacial score (nSPS) is 13.3. The summed E-state index contributed by atoms with van der Waals surface area (Å²) >= 11 is 0. The van der Waals surface area contributed by atoms with Crippen molar-refractivity contribution in [2.24, 2.45) is 0 Å². The zero-order valence-corrected chi connectivity index (χ0v) is 11.8. The van der Waals surface area contributed by atoms with Gasteiger partial charge in [0.05, 0.1) is 0 Å². The van der Waals surface area contributed by atoms with Crippen molar-refractivity contribution in [3.63, 3.8) is 0 Å². The number of nitrogens with zero attached hydrogens (tertiary/aromatic N) is 1. The molecule has 17 heavy (non-hydrogen) atoms. The molecule has 1 nitrogen and oxygen atoms in total. The Labute approximate surface area is 104 Å². The van der Waals surface area contributed by atoms with E-state index in [1.54, 1.807) is 0 Å². The van der Waals surface area contributed by atoms with Crippen LogP contribution in [-0.4, -0.2) is 4.57 Å². The summed E-state index contributed by atoms with van der Waals surface area (Å²) in [4.78, 5) is 0. The predicted octanol–water partition coefficient (Wildman–Crippen LogP) is 4.69. The quantitative estimate of drug-likeness (QED) is 0.617. The van der Waals surface area contributed by atoms with E-state index < -0.39 is 0 Å². The van der Waals surface area contributed by atoms with Gasteiger partial charge in [-0.2, -0.15) is 0 Å². The Bertz CT molecular complexity index is 533. The number of para-hydroxylation sites is 1. The molecular formula is C16H23N. The second-order valence-corrected chi connectivity index (χ2v) is 6.84. The number of hydrogen-bond donors (Lipinski definition) is 0. The molecule has 0 aliphatic carbocycles. The molecule has 0 bridgehead atoms. The van der Waals surface area contributed by atoms with Gasteiger partial charge in [-0.3, -0.25) is 0 Å². The fraction of sp³-hybridized carbons (Fsp3) is 0.500. The van der Waals surface area contributed by atoms with E-state index in [0.717, 1.165) is 0 Å². The van der Waals surface area contributed by atoms with Gasteiger partial charge in [0, 0.05) is 22.2 Å². The monoisotopic (exact) mass is 229 g/mol. The number of benzene rings is 1. The van der Waals surface area contributed by atoms with Crippen molar-refractivity contribution < 1.29 is 0 Å². The maximum absolute atomic E-state index is 2.47. The predicted molar refractivity (Wildman–Crippen MR) is 75.6 cm³/mol. The maximum Gasteiger partial charge on any atom is 0.0487 e. The maximum atomic E-state index is 2.47. The second kappa shape index (κ2) is 3.63. The van der Waals surface area contributed by atoms with Gasteiger partial charge >= 0.3 is 0 Å². The van der Waals surface area contributed by atoms with Gasteiger partial charge in [0.2, 0.25) is 0 Å². The SMILES string of the molecule is CC(C)(C)c1cc2ccccc2n1C(C)(C)C. The molecule has 0 radical (unpaired) electrons. The van der Waals surface area contributed by atoms with Crippen molar-refractivity contribution in [3.8, 4) is 0 Å². The van der Waals surface area contributed by atoms with Crippen LogP contribution in [0.15, 0.2) is 30.3 Å². The van der Waals surface area contributed by atoms with E-state index in [2.05, 4.69) is 76.4 Å². The standard InChI is InChI=1S/C16H23N/c1-15(2,3)14-11-12-9-7-8-10-13(12)17(14)16(4,5)6/h7-11H,1-6H3. The van der Waals surface area contributed by atoms with E-state index in [4.69, 9.17) is 0 Å². The molecule has 0 spiro atoms. The number of rotatable bonds is 0. The minimum Gasteiger partial charge on any atom is -0.339 e. The lowest BCUT2D eigenvalue weighted by molar-refractivity contribution is 0.372. The molecule has 0 saturated heterocycles. The Morgan fingerprint density at radius 2 is 1.47 bits per heavy atom. The molecule has 0 N–H and O–H groups in total. The lowest BCUT2D eigenvalue weighted by Crippen LogP contribution is -2.28. The highest BCUT2D eigenvalue weighted by Gasteiger charge is 2.26. The van der Waals surface area contributed by atoms with Crippen LogP contribution in [0, 0.1) is 0 Å². The zero-order chi connectivity index (χ0) is 12.8. The lowest BCUT2D eigenvalue weighted by Gasteiger charge is -2.31. The Hall–Kier alpha value is -1.24. The van der Waals surface area contributed by atoms with Gasteiger partial charge in [-0.15, -0.1) is 0 Å².